The van der Waals surface area contributed by atoms with Crippen molar-refractivity contribution in [1.29, 1.82) is 0 Å². The Hall–Kier alpha value is -1.52. The Labute approximate surface area is 152 Å². The number of aromatic nitrogens is 2. The van der Waals surface area contributed by atoms with Crippen molar-refractivity contribution in [3.8, 4) is 0 Å². The lowest BCUT2D eigenvalue weighted by molar-refractivity contribution is -0.132. The minimum absolute atomic E-state index is 0.0410. The Balaban J connectivity index is 1.73. The number of carbonyl (C=O) groups excluding carboxylic acids is 1. The van der Waals surface area contributed by atoms with Crippen LogP contribution >= 0.6 is 23.2 Å². The molecule has 2 aromatic rings. The predicted molar refractivity (Wildman–Crippen MR) is 96.5 cm³/mol. The molecule has 24 heavy (non-hydrogen) atoms. The Bertz CT molecular complexity index is 757. The van der Waals surface area contributed by atoms with Gasteiger partial charge in [0.15, 0.2) is 0 Å². The molecule has 6 heteroatoms. The number of rotatable bonds is 4. The molecule has 1 heterocycles. The third-order valence-corrected chi connectivity index (χ3v) is 5.36. The molecule has 0 saturated heterocycles. The van der Waals surface area contributed by atoms with Crippen molar-refractivity contribution in [2.24, 2.45) is 0 Å². The highest BCUT2D eigenvalue weighted by molar-refractivity contribution is 6.35. The molecule has 1 aliphatic rings. The zero-order valence-corrected chi connectivity index (χ0v) is 15.4. The van der Waals surface area contributed by atoms with Crippen LogP contribution in [0, 0.1) is 0 Å². The van der Waals surface area contributed by atoms with Gasteiger partial charge in [0.05, 0.1) is 18.1 Å². The van der Waals surface area contributed by atoms with Crippen LogP contribution in [0.3, 0.4) is 0 Å². The molecule has 0 unspecified atom stereocenters. The highest BCUT2D eigenvalue weighted by Crippen LogP contribution is 2.29. The number of hydrogen-bond acceptors (Lipinski definition) is 2. The van der Waals surface area contributed by atoms with Gasteiger partial charge in [0.25, 0.3) is 0 Å². The molecule has 1 aromatic carbocycles. The van der Waals surface area contributed by atoms with Gasteiger partial charge in [-0.3, -0.25) is 4.79 Å². The van der Waals surface area contributed by atoms with Gasteiger partial charge in [-0.1, -0.05) is 29.3 Å². The first-order valence-corrected chi connectivity index (χ1v) is 8.96. The first-order valence-electron chi connectivity index (χ1n) is 8.21. The Morgan fingerprint density at radius 3 is 2.83 bits per heavy atom. The van der Waals surface area contributed by atoms with Crippen LogP contribution in [0.2, 0.25) is 10.0 Å². The molecular weight excluding hydrogens is 345 g/mol. The average molecular weight is 366 g/mol. The van der Waals surface area contributed by atoms with E-state index in [1.54, 1.807) is 30.4 Å². The number of amides is 1. The maximum absolute atomic E-state index is 12.7. The van der Waals surface area contributed by atoms with E-state index in [-0.39, 0.29) is 11.9 Å². The second kappa shape index (κ2) is 7.16. The summed E-state index contributed by atoms with van der Waals surface area (Å²) in [4.78, 5) is 18.9. The highest BCUT2D eigenvalue weighted by atomic mass is 35.5. The molecule has 0 N–H and O–H groups in total. The van der Waals surface area contributed by atoms with E-state index in [0.29, 0.717) is 16.6 Å². The third-order valence-electron chi connectivity index (χ3n) is 4.80. The molecule has 0 radical (unpaired) electrons. The van der Waals surface area contributed by atoms with Crippen LogP contribution in [0.5, 0.6) is 0 Å². The lowest BCUT2D eigenvalue weighted by atomic mass is 10.0. The van der Waals surface area contributed by atoms with Gasteiger partial charge in [0, 0.05) is 22.8 Å². The number of carbonyl (C=O) groups is 1. The zero-order chi connectivity index (χ0) is 17.3. The Morgan fingerprint density at radius 1 is 1.33 bits per heavy atom. The molecule has 1 atom stereocenters. The molecule has 4 nitrogen and oxygen atoms in total. The van der Waals surface area contributed by atoms with E-state index in [2.05, 4.69) is 4.98 Å². The monoisotopic (exact) mass is 365 g/mol. The van der Waals surface area contributed by atoms with Crippen LogP contribution < -0.4 is 0 Å². The van der Waals surface area contributed by atoms with E-state index in [9.17, 15) is 4.79 Å². The summed E-state index contributed by atoms with van der Waals surface area (Å²) in [5.41, 5.74) is 3.25. The lowest BCUT2D eigenvalue weighted by Gasteiger charge is -2.27. The number of fused-ring (bicyclic) bond motifs is 1. The topological polar surface area (TPSA) is 38.1 Å². The van der Waals surface area contributed by atoms with Crippen molar-refractivity contribution in [2.75, 3.05) is 7.05 Å². The van der Waals surface area contributed by atoms with Crippen LogP contribution in [-0.4, -0.2) is 27.4 Å². The van der Waals surface area contributed by atoms with E-state index in [1.807, 2.05) is 17.6 Å². The van der Waals surface area contributed by atoms with Crippen molar-refractivity contribution < 1.29 is 4.79 Å². The van der Waals surface area contributed by atoms with E-state index in [1.165, 1.54) is 18.5 Å². The molecule has 1 aromatic heterocycles. The van der Waals surface area contributed by atoms with Gasteiger partial charge in [0.2, 0.25) is 5.91 Å². The molecule has 0 spiro atoms. The first-order chi connectivity index (χ1) is 11.5. The highest BCUT2D eigenvalue weighted by Gasteiger charge is 2.22. The third kappa shape index (κ3) is 3.45. The van der Waals surface area contributed by atoms with Gasteiger partial charge in [0.1, 0.15) is 6.54 Å². The summed E-state index contributed by atoms with van der Waals surface area (Å²) < 4.78 is 1.99. The van der Waals surface area contributed by atoms with Gasteiger partial charge in [-0.25, -0.2) is 4.98 Å². The molecular formula is C18H21Cl2N3O. The van der Waals surface area contributed by atoms with Crippen molar-refractivity contribution >= 4 is 29.1 Å². The molecule has 0 fully saturated rings. The number of benzene rings is 1. The lowest BCUT2D eigenvalue weighted by Crippen LogP contribution is -2.33. The number of likely N-dealkylation sites (N-methyl/N-ethyl adjacent to an activating group) is 1. The minimum atomic E-state index is -0.124. The Kier molecular flexibility index (Phi) is 5.16. The summed E-state index contributed by atoms with van der Waals surface area (Å²) in [6, 6.07) is 5.25. The minimum Gasteiger partial charge on any atom is -0.337 e. The van der Waals surface area contributed by atoms with Crippen molar-refractivity contribution in [3.05, 3.63) is 51.5 Å². The molecule has 0 aliphatic heterocycles. The molecule has 128 valence electrons. The van der Waals surface area contributed by atoms with Crippen molar-refractivity contribution in [3.63, 3.8) is 0 Å². The molecule has 1 aliphatic carbocycles. The van der Waals surface area contributed by atoms with Crippen molar-refractivity contribution in [2.45, 2.75) is 45.2 Å². The van der Waals surface area contributed by atoms with Gasteiger partial charge in [-0.15, -0.1) is 0 Å². The summed E-state index contributed by atoms with van der Waals surface area (Å²) in [7, 11) is 1.81. The standard InChI is InChI=1S/C18H21Cl2N3O/c1-12(14-8-7-13(19)9-15(14)20)22(2)18(24)10-23-11-21-16-5-3-4-6-17(16)23/h7-9,11-12H,3-6,10H2,1-2H3/t12-/m1/s1. The smallest absolute Gasteiger partial charge is 0.242 e. The fourth-order valence-electron chi connectivity index (χ4n) is 3.19. The van der Waals surface area contributed by atoms with E-state index >= 15 is 0 Å². The predicted octanol–water partition coefficient (Wildman–Crippen LogP) is 4.29. The summed E-state index contributed by atoms with van der Waals surface area (Å²) in [6.07, 6.45) is 6.17. The van der Waals surface area contributed by atoms with Crippen LogP contribution in [0.15, 0.2) is 24.5 Å². The van der Waals surface area contributed by atoms with E-state index in [0.717, 1.165) is 24.1 Å². The number of hydrogen-bond donors (Lipinski definition) is 0. The fraction of sp³-hybridized carbons (Fsp3) is 0.444. The van der Waals surface area contributed by atoms with E-state index in [4.69, 9.17) is 23.2 Å². The largest absolute Gasteiger partial charge is 0.337 e. The maximum atomic E-state index is 12.7. The number of nitrogens with zero attached hydrogens (tertiary/aromatic N) is 3. The molecule has 1 amide bonds. The number of imidazole rings is 1. The van der Waals surface area contributed by atoms with Crippen LogP contribution in [-0.2, 0) is 24.2 Å². The van der Waals surface area contributed by atoms with Gasteiger partial charge in [-0.2, -0.15) is 0 Å². The van der Waals surface area contributed by atoms with Crippen molar-refractivity contribution in [1.82, 2.24) is 14.5 Å². The summed E-state index contributed by atoms with van der Waals surface area (Å²) >= 11 is 12.2. The molecule has 3 rings (SSSR count). The van der Waals surface area contributed by atoms with Gasteiger partial charge >= 0.3 is 0 Å². The van der Waals surface area contributed by atoms with Crippen LogP contribution in [0.25, 0.3) is 0 Å². The summed E-state index contributed by atoms with van der Waals surface area (Å²) in [5, 5.41) is 1.17. The zero-order valence-electron chi connectivity index (χ0n) is 13.9. The number of aryl methyl sites for hydroxylation is 1. The fourth-order valence-corrected chi connectivity index (χ4v) is 3.76. The van der Waals surface area contributed by atoms with Crippen LogP contribution in [0.4, 0.5) is 0 Å². The first kappa shape index (κ1) is 17.3. The maximum Gasteiger partial charge on any atom is 0.242 e. The SMILES string of the molecule is C[C@H](c1ccc(Cl)cc1Cl)N(C)C(=O)Cn1cnc2c1CCCC2. The number of halogens is 2. The summed E-state index contributed by atoms with van der Waals surface area (Å²) in [5.74, 6) is 0.0410. The second-order valence-electron chi connectivity index (χ2n) is 6.32. The van der Waals surface area contributed by atoms with Crippen LogP contribution in [0.1, 0.15) is 42.8 Å². The molecule has 0 bridgehead atoms. The average Bonchev–Trinajstić information content (AvgIpc) is 2.97. The quantitative estimate of drug-likeness (QED) is 0.810. The molecule has 0 saturated carbocycles. The second-order valence-corrected chi connectivity index (χ2v) is 7.16. The van der Waals surface area contributed by atoms with Gasteiger partial charge < -0.3 is 9.47 Å². The normalized spacial score (nSPS) is 15.0. The van der Waals surface area contributed by atoms with Gasteiger partial charge in [-0.05, 0) is 50.3 Å². The Morgan fingerprint density at radius 2 is 2.08 bits per heavy atom. The summed E-state index contributed by atoms with van der Waals surface area (Å²) in [6.45, 7) is 2.28. The van der Waals surface area contributed by atoms with E-state index < -0.39 is 0 Å².